The average molecular weight is 298 g/mol. The Kier molecular flexibility index (Phi) is 3.66. The number of rotatable bonds is 5. The number of nitrogens with two attached hydrogens (primary N) is 1. The van der Waals surface area contributed by atoms with Crippen LogP contribution in [0.2, 0.25) is 0 Å². The minimum absolute atomic E-state index is 0.297. The monoisotopic (exact) mass is 298 g/mol. The Morgan fingerprint density at radius 2 is 2.05 bits per heavy atom. The highest BCUT2D eigenvalue weighted by Crippen LogP contribution is 2.31. The minimum Gasteiger partial charge on any atom is -0.366 e. The molecule has 0 saturated heterocycles. The van der Waals surface area contributed by atoms with E-state index in [4.69, 9.17) is 5.73 Å². The van der Waals surface area contributed by atoms with E-state index in [2.05, 4.69) is 10.3 Å². The maximum atomic E-state index is 12.4. The Morgan fingerprint density at radius 3 is 2.73 bits per heavy atom. The van der Waals surface area contributed by atoms with Crippen LogP contribution >= 0.6 is 0 Å². The van der Waals surface area contributed by atoms with Crippen molar-refractivity contribution in [2.45, 2.75) is 26.3 Å². The Balaban J connectivity index is 1.79. The second kappa shape index (κ2) is 5.63. The molecule has 0 unspecified atom stereocenters. The summed E-state index contributed by atoms with van der Waals surface area (Å²) in [4.78, 5) is 27.9. The van der Waals surface area contributed by atoms with Gasteiger partial charge >= 0.3 is 0 Å². The predicted octanol–water partition coefficient (Wildman–Crippen LogP) is 1.95. The third-order valence-electron chi connectivity index (χ3n) is 3.72. The smallest absolute Gasteiger partial charge is 0.258 e. The molecule has 1 aliphatic rings. The molecule has 6 nitrogen and oxygen atoms in total. The lowest BCUT2D eigenvalue weighted by Crippen LogP contribution is -2.18. The lowest BCUT2D eigenvalue weighted by atomic mass is 10.1. The lowest BCUT2D eigenvalue weighted by Gasteiger charge is -2.09. The van der Waals surface area contributed by atoms with Crippen LogP contribution in [0.1, 0.15) is 39.1 Å². The van der Waals surface area contributed by atoms with Gasteiger partial charge in [-0.3, -0.25) is 14.9 Å². The van der Waals surface area contributed by atoms with E-state index in [1.54, 1.807) is 18.3 Å². The van der Waals surface area contributed by atoms with E-state index < -0.39 is 5.91 Å². The molecular formula is C16H18N4O2. The molecule has 0 atom stereocenters. The number of amides is 2. The number of benzene rings is 1. The van der Waals surface area contributed by atoms with E-state index in [9.17, 15) is 9.59 Å². The third-order valence-corrected chi connectivity index (χ3v) is 3.72. The van der Waals surface area contributed by atoms with Crippen molar-refractivity contribution in [3.8, 4) is 0 Å². The zero-order chi connectivity index (χ0) is 15.7. The Hall–Kier alpha value is -2.63. The van der Waals surface area contributed by atoms with Gasteiger partial charge in [0, 0.05) is 30.1 Å². The number of hydrogen-bond acceptors (Lipinski definition) is 3. The van der Waals surface area contributed by atoms with Gasteiger partial charge in [0.25, 0.3) is 5.91 Å². The molecule has 1 aromatic carbocycles. The fraction of sp³-hybridized carbons (Fsp3) is 0.312. The van der Waals surface area contributed by atoms with Crippen molar-refractivity contribution >= 4 is 17.8 Å². The van der Waals surface area contributed by atoms with Gasteiger partial charge in [0.15, 0.2) is 0 Å². The maximum Gasteiger partial charge on any atom is 0.258 e. The van der Waals surface area contributed by atoms with Crippen LogP contribution in [-0.2, 0) is 6.54 Å². The SMILES string of the molecule is Cc1cc(C(N)=O)cc(C(=O)Nc2nccn2CC2CC2)c1. The van der Waals surface area contributed by atoms with Gasteiger partial charge in [-0.05, 0) is 49.4 Å². The number of anilines is 1. The largest absolute Gasteiger partial charge is 0.366 e. The van der Waals surface area contributed by atoms with E-state index in [1.165, 1.54) is 18.9 Å². The second-order valence-electron chi connectivity index (χ2n) is 5.75. The highest BCUT2D eigenvalue weighted by molar-refractivity contribution is 6.05. The molecule has 6 heteroatoms. The molecular weight excluding hydrogens is 280 g/mol. The fourth-order valence-electron chi connectivity index (χ4n) is 2.39. The van der Waals surface area contributed by atoms with Crippen LogP contribution in [0.25, 0.3) is 0 Å². The molecule has 2 amide bonds. The van der Waals surface area contributed by atoms with Crippen LogP contribution in [0.3, 0.4) is 0 Å². The fourth-order valence-corrected chi connectivity index (χ4v) is 2.39. The molecule has 1 aromatic heterocycles. The van der Waals surface area contributed by atoms with Gasteiger partial charge in [0.05, 0.1) is 0 Å². The topological polar surface area (TPSA) is 90.0 Å². The number of nitrogens with one attached hydrogen (secondary N) is 1. The molecule has 1 heterocycles. The van der Waals surface area contributed by atoms with Crippen LogP contribution in [0.15, 0.2) is 30.6 Å². The summed E-state index contributed by atoms with van der Waals surface area (Å²) in [7, 11) is 0. The van der Waals surface area contributed by atoms with Crippen molar-refractivity contribution in [1.29, 1.82) is 0 Å². The van der Waals surface area contributed by atoms with Gasteiger partial charge in [-0.2, -0.15) is 0 Å². The van der Waals surface area contributed by atoms with Crippen molar-refractivity contribution in [2.24, 2.45) is 11.7 Å². The summed E-state index contributed by atoms with van der Waals surface area (Å²) in [6.07, 6.45) is 5.99. The number of hydrogen-bond donors (Lipinski definition) is 2. The van der Waals surface area contributed by atoms with Gasteiger partial charge in [0.2, 0.25) is 11.9 Å². The molecule has 1 aliphatic carbocycles. The number of carbonyl (C=O) groups excluding carboxylic acids is 2. The molecule has 2 aromatic rings. The van der Waals surface area contributed by atoms with Gasteiger partial charge < -0.3 is 10.3 Å². The quantitative estimate of drug-likeness (QED) is 0.884. The first kappa shape index (κ1) is 14.3. The van der Waals surface area contributed by atoms with Gasteiger partial charge in [-0.25, -0.2) is 4.98 Å². The highest BCUT2D eigenvalue weighted by Gasteiger charge is 2.23. The van der Waals surface area contributed by atoms with Crippen LogP contribution in [0.5, 0.6) is 0 Å². The molecule has 1 fully saturated rings. The Labute approximate surface area is 128 Å². The molecule has 3 rings (SSSR count). The summed E-state index contributed by atoms with van der Waals surface area (Å²) in [5.74, 6) is 0.367. The molecule has 0 radical (unpaired) electrons. The van der Waals surface area contributed by atoms with Gasteiger partial charge in [-0.1, -0.05) is 0 Å². The number of carbonyl (C=O) groups is 2. The lowest BCUT2D eigenvalue weighted by molar-refractivity contribution is 0.1000. The molecule has 114 valence electrons. The standard InChI is InChI=1S/C16H18N4O2/c1-10-6-12(14(17)21)8-13(7-10)15(22)19-16-18-4-5-20(16)9-11-2-3-11/h4-8,11H,2-3,9H2,1H3,(H2,17,21)(H,18,19,22). The molecule has 3 N–H and O–H groups in total. The zero-order valence-electron chi connectivity index (χ0n) is 12.4. The average Bonchev–Trinajstić information content (AvgIpc) is 3.18. The summed E-state index contributed by atoms with van der Waals surface area (Å²) in [6, 6.07) is 4.88. The molecule has 0 spiro atoms. The first-order chi connectivity index (χ1) is 10.5. The van der Waals surface area contributed by atoms with Crippen LogP contribution < -0.4 is 11.1 Å². The van der Waals surface area contributed by atoms with Crippen molar-refractivity contribution < 1.29 is 9.59 Å². The highest BCUT2D eigenvalue weighted by atomic mass is 16.2. The summed E-state index contributed by atoms with van der Waals surface area (Å²) in [6.45, 7) is 2.69. The van der Waals surface area contributed by atoms with Crippen LogP contribution in [0, 0.1) is 12.8 Å². The molecule has 1 saturated carbocycles. The first-order valence-electron chi connectivity index (χ1n) is 7.27. The first-order valence-corrected chi connectivity index (χ1v) is 7.27. The van der Waals surface area contributed by atoms with Crippen molar-refractivity contribution in [1.82, 2.24) is 9.55 Å². The second-order valence-corrected chi connectivity index (χ2v) is 5.75. The predicted molar refractivity (Wildman–Crippen MR) is 82.6 cm³/mol. The van der Waals surface area contributed by atoms with Gasteiger partial charge in [0.1, 0.15) is 0 Å². The number of primary amides is 1. The summed E-state index contributed by atoms with van der Waals surface area (Å²) in [5.41, 5.74) is 6.82. The van der Waals surface area contributed by atoms with Crippen molar-refractivity contribution in [2.75, 3.05) is 5.32 Å². The normalized spacial score (nSPS) is 13.9. The van der Waals surface area contributed by atoms with E-state index in [0.29, 0.717) is 23.0 Å². The number of nitrogens with zero attached hydrogens (tertiary/aromatic N) is 2. The van der Waals surface area contributed by atoms with Crippen LogP contribution in [-0.4, -0.2) is 21.4 Å². The van der Waals surface area contributed by atoms with E-state index in [1.807, 2.05) is 17.7 Å². The summed E-state index contributed by atoms with van der Waals surface area (Å²) in [5, 5.41) is 2.79. The Morgan fingerprint density at radius 1 is 1.32 bits per heavy atom. The van der Waals surface area contributed by atoms with E-state index >= 15 is 0 Å². The van der Waals surface area contributed by atoms with E-state index in [0.717, 1.165) is 12.1 Å². The summed E-state index contributed by atoms with van der Waals surface area (Å²) >= 11 is 0. The van der Waals surface area contributed by atoms with Crippen molar-refractivity contribution in [3.05, 3.63) is 47.3 Å². The maximum absolute atomic E-state index is 12.4. The van der Waals surface area contributed by atoms with Crippen molar-refractivity contribution in [3.63, 3.8) is 0 Å². The number of imidazole rings is 1. The van der Waals surface area contributed by atoms with Crippen LogP contribution in [0.4, 0.5) is 5.95 Å². The number of aryl methyl sites for hydroxylation is 1. The molecule has 22 heavy (non-hydrogen) atoms. The zero-order valence-corrected chi connectivity index (χ0v) is 12.4. The third kappa shape index (κ3) is 3.16. The minimum atomic E-state index is -0.548. The van der Waals surface area contributed by atoms with Gasteiger partial charge in [-0.15, -0.1) is 0 Å². The summed E-state index contributed by atoms with van der Waals surface area (Å²) < 4.78 is 1.94. The Bertz CT molecular complexity index is 731. The number of aromatic nitrogens is 2. The molecule has 0 bridgehead atoms. The van der Waals surface area contributed by atoms with E-state index in [-0.39, 0.29) is 5.91 Å². The molecule has 0 aliphatic heterocycles.